The van der Waals surface area contributed by atoms with Gasteiger partial charge in [0.15, 0.2) is 6.17 Å². The summed E-state index contributed by atoms with van der Waals surface area (Å²) in [4.78, 5) is 40.6. The molecule has 4 N–H and O–H groups in total. The molecule has 1 amide bonds. The summed E-state index contributed by atoms with van der Waals surface area (Å²) >= 11 is 0. The highest BCUT2D eigenvalue weighted by atomic mass is 31.2. The number of hydrogen-bond donors (Lipinski definition) is 4. The molecule has 0 fully saturated rings. The molecule has 1 aliphatic rings. The van der Waals surface area contributed by atoms with E-state index < -0.39 is 14.1 Å². The number of carbonyl (C=O) groups is 1. The smallest absolute Gasteiger partial charge is 0.284 e. The zero-order valence-electron chi connectivity index (χ0n) is 7.31. The minimum atomic E-state index is -4.08. The van der Waals surface area contributed by atoms with E-state index in [2.05, 4.69) is 4.99 Å². The first kappa shape index (κ1) is 11.5. The van der Waals surface area contributed by atoms with E-state index in [1.165, 1.54) is 0 Å². The highest BCUT2D eigenvalue weighted by Crippen LogP contribution is 2.49. The van der Waals surface area contributed by atoms with E-state index in [4.69, 9.17) is 19.9 Å². The SMILES string of the molecule is O=CN(O)C1CCCC([P+](O)(O)O)=N1. The summed E-state index contributed by atoms with van der Waals surface area (Å²) < 4.78 is 0. The van der Waals surface area contributed by atoms with Crippen LogP contribution in [0.2, 0.25) is 0 Å². The van der Waals surface area contributed by atoms with E-state index in [0.29, 0.717) is 17.9 Å². The van der Waals surface area contributed by atoms with Gasteiger partial charge in [0.1, 0.15) is 0 Å². The maximum Gasteiger partial charge on any atom is 0.456 e. The van der Waals surface area contributed by atoms with Crippen LogP contribution < -0.4 is 0 Å². The average Bonchev–Trinajstić information content (AvgIpc) is 2.15. The molecule has 1 unspecified atom stereocenters. The van der Waals surface area contributed by atoms with Crippen molar-refractivity contribution in [3.63, 3.8) is 0 Å². The van der Waals surface area contributed by atoms with Crippen LogP contribution in [0.3, 0.4) is 0 Å². The van der Waals surface area contributed by atoms with E-state index >= 15 is 0 Å². The molecule has 0 bridgehead atoms. The Hall–Kier alpha value is -0.590. The normalized spacial score (nSPS) is 22.9. The number of rotatable bonds is 3. The Balaban J connectivity index is 2.78. The second-order valence-electron chi connectivity index (χ2n) is 2.97. The number of nitrogens with zero attached hydrogens (tertiary/aromatic N) is 2. The molecule has 0 saturated carbocycles. The topological polar surface area (TPSA) is 114 Å². The Kier molecular flexibility index (Phi) is 3.52. The highest BCUT2D eigenvalue weighted by molar-refractivity contribution is 7.76. The van der Waals surface area contributed by atoms with E-state index in [1.54, 1.807) is 0 Å². The van der Waals surface area contributed by atoms with Gasteiger partial charge in [-0.3, -0.25) is 10.0 Å². The summed E-state index contributed by atoms with van der Waals surface area (Å²) in [6, 6.07) is 0. The second-order valence-corrected chi connectivity index (χ2v) is 4.62. The van der Waals surface area contributed by atoms with Crippen molar-refractivity contribution in [2.75, 3.05) is 0 Å². The lowest BCUT2D eigenvalue weighted by Crippen LogP contribution is -2.33. The summed E-state index contributed by atoms with van der Waals surface area (Å²) in [5, 5.41) is 9.33. The highest BCUT2D eigenvalue weighted by Gasteiger charge is 2.41. The molecule has 1 aliphatic heterocycles. The van der Waals surface area contributed by atoms with Gasteiger partial charge in [-0.2, -0.15) is 14.7 Å². The summed E-state index contributed by atoms with van der Waals surface area (Å²) in [7, 11) is -4.08. The zero-order valence-corrected chi connectivity index (χ0v) is 8.21. The molecular formula is C6H12N2O5P+. The van der Waals surface area contributed by atoms with Crippen molar-refractivity contribution >= 4 is 19.8 Å². The lowest BCUT2D eigenvalue weighted by atomic mass is 10.1. The van der Waals surface area contributed by atoms with Gasteiger partial charge in [-0.05, 0) is 12.8 Å². The second kappa shape index (κ2) is 4.29. The lowest BCUT2D eigenvalue weighted by molar-refractivity contribution is -0.160. The molecular weight excluding hydrogens is 211 g/mol. The van der Waals surface area contributed by atoms with Crippen LogP contribution in [-0.4, -0.2) is 43.0 Å². The molecule has 1 rings (SSSR count). The van der Waals surface area contributed by atoms with Crippen molar-refractivity contribution in [3.05, 3.63) is 0 Å². The van der Waals surface area contributed by atoms with Gasteiger partial charge in [-0.15, -0.1) is 0 Å². The molecule has 1 atom stereocenters. The average molecular weight is 223 g/mol. The fourth-order valence-corrected chi connectivity index (χ4v) is 1.98. The van der Waals surface area contributed by atoms with E-state index in [0.717, 1.165) is 0 Å². The largest absolute Gasteiger partial charge is 0.456 e. The Morgan fingerprint density at radius 2 is 2.14 bits per heavy atom. The Morgan fingerprint density at radius 3 is 2.64 bits per heavy atom. The fourth-order valence-electron chi connectivity index (χ4n) is 1.23. The summed E-state index contributed by atoms with van der Waals surface area (Å²) in [6.45, 7) is 0. The van der Waals surface area contributed by atoms with Gasteiger partial charge < -0.3 is 0 Å². The van der Waals surface area contributed by atoms with E-state index in [1.807, 2.05) is 0 Å². The Labute approximate surface area is 80.9 Å². The van der Waals surface area contributed by atoms with Crippen LogP contribution in [0.25, 0.3) is 0 Å². The van der Waals surface area contributed by atoms with Crippen LogP contribution in [0, 0.1) is 0 Å². The Morgan fingerprint density at radius 1 is 1.50 bits per heavy atom. The molecule has 8 heteroatoms. The first-order valence-electron chi connectivity index (χ1n) is 4.02. The monoisotopic (exact) mass is 223 g/mol. The molecule has 0 radical (unpaired) electrons. The van der Waals surface area contributed by atoms with Crippen LogP contribution >= 0.6 is 7.94 Å². The van der Waals surface area contributed by atoms with E-state index in [9.17, 15) is 4.79 Å². The number of amides is 1. The third kappa shape index (κ3) is 2.70. The molecule has 0 aromatic carbocycles. The first-order valence-corrected chi connectivity index (χ1v) is 5.67. The van der Waals surface area contributed by atoms with Gasteiger partial charge in [0.25, 0.3) is 0 Å². The maximum atomic E-state index is 10.2. The van der Waals surface area contributed by atoms with Crippen molar-refractivity contribution in [2.45, 2.75) is 25.4 Å². The van der Waals surface area contributed by atoms with Crippen molar-refractivity contribution in [2.24, 2.45) is 4.99 Å². The quantitative estimate of drug-likeness (QED) is 0.222. The van der Waals surface area contributed by atoms with E-state index in [-0.39, 0.29) is 18.3 Å². The number of hydrogen-bond acceptors (Lipinski definition) is 6. The van der Waals surface area contributed by atoms with Gasteiger partial charge >= 0.3 is 7.94 Å². The molecule has 14 heavy (non-hydrogen) atoms. The summed E-state index contributed by atoms with van der Waals surface area (Å²) in [5.74, 6) is 0. The van der Waals surface area contributed by atoms with Crippen molar-refractivity contribution in [3.8, 4) is 0 Å². The molecule has 80 valence electrons. The lowest BCUT2D eigenvalue weighted by Gasteiger charge is -2.22. The van der Waals surface area contributed by atoms with Gasteiger partial charge in [-0.25, -0.2) is 10.1 Å². The van der Waals surface area contributed by atoms with Crippen LogP contribution in [0.4, 0.5) is 0 Å². The van der Waals surface area contributed by atoms with Crippen LogP contribution in [0.1, 0.15) is 19.3 Å². The number of hydroxylamine groups is 2. The zero-order chi connectivity index (χ0) is 10.8. The number of aliphatic imine (C=N–C) groups is 1. The van der Waals surface area contributed by atoms with Gasteiger partial charge in [-0.1, -0.05) is 0 Å². The summed E-state index contributed by atoms with van der Waals surface area (Å²) in [5.41, 5.74) is -0.144. The maximum absolute atomic E-state index is 10.2. The third-order valence-electron chi connectivity index (χ3n) is 1.92. The van der Waals surface area contributed by atoms with Crippen LogP contribution in [0.15, 0.2) is 4.99 Å². The standard InChI is InChI=1S/C6H12N2O5P/c9-4-8(10)5-2-1-3-6(7-5)14(11,12)13/h4-5,10-13H,1-3H2/q+1. The molecule has 0 saturated heterocycles. The third-order valence-corrected chi connectivity index (χ3v) is 2.95. The van der Waals surface area contributed by atoms with Crippen molar-refractivity contribution in [1.29, 1.82) is 0 Å². The predicted octanol–water partition coefficient (Wildman–Crippen LogP) is -0.518. The molecule has 7 nitrogen and oxygen atoms in total. The van der Waals surface area contributed by atoms with Crippen LogP contribution in [0.5, 0.6) is 0 Å². The summed E-state index contributed by atoms with van der Waals surface area (Å²) in [6.07, 6.45) is 0.572. The van der Waals surface area contributed by atoms with Crippen molar-refractivity contribution in [1.82, 2.24) is 5.06 Å². The van der Waals surface area contributed by atoms with Gasteiger partial charge in [0.05, 0.1) is 0 Å². The molecule has 0 spiro atoms. The van der Waals surface area contributed by atoms with Gasteiger partial charge in [0.2, 0.25) is 11.9 Å². The molecule has 0 aliphatic carbocycles. The molecule has 0 aromatic rings. The van der Waals surface area contributed by atoms with Crippen molar-refractivity contribution < 1.29 is 24.7 Å². The predicted molar refractivity (Wildman–Crippen MR) is 48.3 cm³/mol. The minimum Gasteiger partial charge on any atom is -0.284 e. The first-order chi connectivity index (χ1) is 6.45. The number of carbonyl (C=O) groups excluding carboxylic acids is 1. The molecule has 0 aromatic heterocycles. The fraction of sp³-hybridized carbons (Fsp3) is 0.667. The minimum absolute atomic E-state index is 0.144. The van der Waals surface area contributed by atoms with Gasteiger partial charge in [0, 0.05) is 6.42 Å². The molecule has 1 heterocycles. The Bertz CT molecular complexity index is 251. The van der Waals surface area contributed by atoms with Crippen LogP contribution in [-0.2, 0) is 4.79 Å².